The molecule has 0 amide bonds. The average Bonchev–Trinajstić information content (AvgIpc) is 2.60. The number of ether oxygens (including phenoxy) is 4. The molecule has 0 bridgehead atoms. The molecule has 1 aliphatic heterocycles. The molecule has 13 heavy (non-hydrogen) atoms. The molecule has 0 spiro atoms. The summed E-state index contributed by atoms with van der Waals surface area (Å²) in [5.74, 6) is -0.0463. The predicted octanol–water partition coefficient (Wildman–Crippen LogP) is 0.533. The number of carbonyl (C=O) groups excluding carboxylic acids is 1. The Bertz CT molecular complexity index is 119. The summed E-state index contributed by atoms with van der Waals surface area (Å²) in [6.45, 7) is 0.124. The third-order valence-electron chi connectivity index (χ3n) is 1.37. The van der Waals surface area contributed by atoms with Crippen LogP contribution in [0.4, 0.5) is 0 Å². The van der Waals surface area contributed by atoms with Gasteiger partial charge in [0.15, 0.2) is 0 Å². The van der Waals surface area contributed by atoms with Crippen molar-refractivity contribution in [2.24, 2.45) is 0 Å². The second-order valence-electron chi connectivity index (χ2n) is 2.32. The normalized spacial score (nSPS) is 15.2. The van der Waals surface area contributed by atoms with Crippen molar-refractivity contribution in [1.29, 1.82) is 0 Å². The number of rotatable bonds is 3. The largest absolute Gasteiger partial charge is 0.466 e. The standard InChI is InChI=1S/C4H10O3.C4H6O2/c1-5-4(6-2)7-3;5-4-2-1-3-6-4/h4H,1-3H3;1-3H2. The molecule has 78 valence electrons. The quantitative estimate of drug-likeness (QED) is 0.482. The highest BCUT2D eigenvalue weighted by Crippen LogP contribution is 2.01. The van der Waals surface area contributed by atoms with E-state index >= 15 is 0 Å². The van der Waals surface area contributed by atoms with Gasteiger partial charge in [-0.1, -0.05) is 0 Å². The van der Waals surface area contributed by atoms with Crippen molar-refractivity contribution in [3.8, 4) is 0 Å². The first kappa shape index (κ1) is 12.3. The minimum Gasteiger partial charge on any atom is -0.466 e. The minimum atomic E-state index is -0.514. The highest BCUT2D eigenvalue weighted by atomic mass is 16.8. The smallest absolute Gasteiger partial charge is 0.305 e. The molecular weight excluding hydrogens is 176 g/mol. The van der Waals surface area contributed by atoms with Crippen molar-refractivity contribution in [3.63, 3.8) is 0 Å². The van der Waals surface area contributed by atoms with E-state index in [1.165, 1.54) is 21.3 Å². The summed E-state index contributed by atoms with van der Waals surface area (Å²) in [4.78, 5) is 10.0. The molecule has 1 fully saturated rings. The molecule has 5 heteroatoms. The van der Waals surface area contributed by atoms with Gasteiger partial charge in [0.25, 0.3) is 6.48 Å². The van der Waals surface area contributed by atoms with Crippen molar-refractivity contribution in [2.75, 3.05) is 27.9 Å². The highest BCUT2D eigenvalue weighted by molar-refractivity contribution is 5.70. The Hall–Kier alpha value is -0.650. The lowest BCUT2D eigenvalue weighted by molar-refractivity contribution is -0.252. The zero-order valence-corrected chi connectivity index (χ0v) is 8.24. The second kappa shape index (κ2) is 7.97. The first-order valence-electron chi connectivity index (χ1n) is 3.98. The van der Waals surface area contributed by atoms with Crippen LogP contribution in [-0.2, 0) is 23.7 Å². The molecule has 0 atom stereocenters. The van der Waals surface area contributed by atoms with Gasteiger partial charge in [-0.15, -0.1) is 0 Å². The summed E-state index contributed by atoms with van der Waals surface area (Å²) in [5, 5.41) is 0. The van der Waals surface area contributed by atoms with Gasteiger partial charge in [-0.3, -0.25) is 4.79 Å². The summed E-state index contributed by atoms with van der Waals surface area (Å²) in [6.07, 6.45) is 1.54. The molecule has 0 unspecified atom stereocenters. The van der Waals surface area contributed by atoms with E-state index in [2.05, 4.69) is 18.9 Å². The zero-order chi connectivity index (χ0) is 10.1. The Morgan fingerprint density at radius 2 is 1.77 bits per heavy atom. The second-order valence-corrected chi connectivity index (χ2v) is 2.32. The zero-order valence-electron chi connectivity index (χ0n) is 8.24. The third kappa shape index (κ3) is 6.51. The number of hydrogen-bond donors (Lipinski definition) is 0. The maximum absolute atomic E-state index is 10.0. The van der Waals surface area contributed by atoms with E-state index < -0.39 is 6.48 Å². The lowest BCUT2D eigenvalue weighted by Crippen LogP contribution is -2.14. The molecule has 1 heterocycles. The Balaban J connectivity index is 0.000000223. The molecule has 0 aromatic heterocycles. The van der Waals surface area contributed by atoms with Crippen LogP contribution in [0, 0.1) is 0 Å². The van der Waals surface area contributed by atoms with Gasteiger partial charge in [0.2, 0.25) is 0 Å². The van der Waals surface area contributed by atoms with Crippen LogP contribution in [0.2, 0.25) is 0 Å². The van der Waals surface area contributed by atoms with Gasteiger partial charge in [0.1, 0.15) is 0 Å². The van der Waals surface area contributed by atoms with Gasteiger partial charge in [-0.05, 0) is 6.42 Å². The number of hydrogen-bond acceptors (Lipinski definition) is 5. The summed E-state index contributed by atoms with van der Waals surface area (Å²) in [6, 6.07) is 0. The van der Waals surface area contributed by atoms with E-state index in [0.29, 0.717) is 13.0 Å². The van der Waals surface area contributed by atoms with Gasteiger partial charge in [0.05, 0.1) is 6.61 Å². The fourth-order valence-corrected chi connectivity index (χ4v) is 0.763. The van der Waals surface area contributed by atoms with E-state index in [0.717, 1.165) is 6.42 Å². The molecule has 0 aromatic carbocycles. The molecule has 1 saturated heterocycles. The summed E-state index contributed by atoms with van der Waals surface area (Å²) in [7, 11) is 4.53. The van der Waals surface area contributed by atoms with Gasteiger partial charge in [0, 0.05) is 27.8 Å². The monoisotopic (exact) mass is 192 g/mol. The molecule has 0 radical (unpaired) electrons. The lowest BCUT2D eigenvalue weighted by atomic mass is 10.4. The Labute approximate surface area is 77.9 Å². The molecule has 0 N–H and O–H groups in total. The van der Waals surface area contributed by atoms with Crippen molar-refractivity contribution in [1.82, 2.24) is 0 Å². The summed E-state index contributed by atoms with van der Waals surface area (Å²) >= 11 is 0. The van der Waals surface area contributed by atoms with Crippen LogP contribution in [-0.4, -0.2) is 40.4 Å². The summed E-state index contributed by atoms with van der Waals surface area (Å²) in [5.41, 5.74) is 0. The maximum atomic E-state index is 10.0. The van der Waals surface area contributed by atoms with Gasteiger partial charge in [-0.25, -0.2) is 0 Å². The molecule has 0 saturated carbocycles. The van der Waals surface area contributed by atoms with Crippen molar-refractivity contribution < 1.29 is 23.7 Å². The number of esters is 1. The van der Waals surface area contributed by atoms with Crippen LogP contribution in [0.3, 0.4) is 0 Å². The Morgan fingerprint density at radius 3 is 1.85 bits per heavy atom. The minimum absolute atomic E-state index is 0.0463. The average molecular weight is 192 g/mol. The first-order chi connectivity index (χ1) is 6.24. The number of cyclic esters (lactones) is 1. The Kier molecular flexibility index (Phi) is 7.57. The molecular formula is C8H16O5. The van der Waals surface area contributed by atoms with Crippen LogP contribution in [0.5, 0.6) is 0 Å². The van der Waals surface area contributed by atoms with Crippen LogP contribution in [0.1, 0.15) is 12.8 Å². The van der Waals surface area contributed by atoms with E-state index in [9.17, 15) is 4.79 Å². The molecule has 1 aliphatic rings. The van der Waals surface area contributed by atoms with Crippen LogP contribution < -0.4 is 0 Å². The van der Waals surface area contributed by atoms with Gasteiger partial charge in [-0.2, -0.15) is 0 Å². The molecule has 0 aromatic rings. The fraction of sp³-hybridized carbons (Fsp3) is 0.875. The van der Waals surface area contributed by atoms with Gasteiger partial charge >= 0.3 is 5.97 Å². The van der Waals surface area contributed by atoms with Crippen molar-refractivity contribution >= 4 is 5.97 Å². The van der Waals surface area contributed by atoms with Crippen LogP contribution in [0.25, 0.3) is 0 Å². The van der Waals surface area contributed by atoms with E-state index in [4.69, 9.17) is 0 Å². The van der Waals surface area contributed by atoms with Crippen LogP contribution >= 0.6 is 0 Å². The molecule has 0 aliphatic carbocycles. The maximum Gasteiger partial charge on any atom is 0.305 e. The van der Waals surface area contributed by atoms with Crippen molar-refractivity contribution in [2.45, 2.75) is 19.3 Å². The summed E-state index contributed by atoms with van der Waals surface area (Å²) < 4.78 is 18.3. The first-order valence-corrected chi connectivity index (χ1v) is 3.98. The highest BCUT2D eigenvalue weighted by Gasteiger charge is 2.08. The SMILES string of the molecule is COC(OC)OC.O=C1CCCO1. The third-order valence-corrected chi connectivity index (χ3v) is 1.37. The molecule has 1 rings (SSSR count). The Morgan fingerprint density at radius 1 is 1.23 bits per heavy atom. The number of methoxy groups -OCH3 is 3. The number of carbonyl (C=O) groups is 1. The van der Waals surface area contributed by atoms with E-state index in [1.54, 1.807) is 0 Å². The van der Waals surface area contributed by atoms with Crippen LogP contribution in [0.15, 0.2) is 0 Å². The predicted molar refractivity (Wildman–Crippen MR) is 45.0 cm³/mol. The van der Waals surface area contributed by atoms with Gasteiger partial charge < -0.3 is 18.9 Å². The lowest BCUT2D eigenvalue weighted by Gasteiger charge is -2.08. The van der Waals surface area contributed by atoms with Crippen molar-refractivity contribution in [3.05, 3.63) is 0 Å². The fourth-order valence-electron chi connectivity index (χ4n) is 0.763. The van der Waals surface area contributed by atoms with E-state index in [-0.39, 0.29) is 5.97 Å². The topological polar surface area (TPSA) is 54.0 Å². The van der Waals surface area contributed by atoms with E-state index in [1.807, 2.05) is 0 Å². The molecule has 5 nitrogen and oxygen atoms in total.